The summed E-state index contributed by atoms with van der Waals surface area (Å²) in [5.41, 5.74) is 1.81. The van der Waals surface area contributed by atoms with Crippen LogP contribution in [0.2, 0.25) is 10.0 Å². The Balaban J connectivity index is 1.52. The number of carbonyl (C=O) groups excluding carboxylic acids is 2. The molecule has 3 aromatic rings. The smallest absolute Gasteiger partial charge is 0.243 e. The second-order valence-corrected chi connectivity index (χ2v) is 10.6. The molecule has 3 aromatic carbocycles. The second-order valence-electron chi connectivity index (χ2n) is 9.71. The minimum absolute atomic E-state index is 0.105. The first-order chi connectivity index (χ1) is 18.5. The van der Waals surface area contributed by atoms with Gasteiger partial charge in [0, 0.05) is 35.5 Å². The van der Waals surface area contributed by atoms with Gasteiger partial charge in [0.2, 0.25) is 11.8 Å². The molecule has 0 spiro atoms. The molecule has 0 heterocycles. The Morgan fingerprint density at radius 2 is 1.61 bits per heavy atom. The molecular formula is C31H34Cl2N2O3. The van der Waals surface area contributed by atoms with Crippen molar-refractivity contribution in [2.45, 2.75) is 63.6 Å². The molecule has 0 unspecified atom stereocenters. The van der Waals surface area contributed by atoms with Gasteiger partial charge in [0.15, 0.2) is 0 Å². The van der Waals surface area contributed by atoms with Crippen molar-refractivity contribution in [2.24, 2.45) is 0 Å². The number of carbonyl (C=O) groups is 2. The molecule has 1 aliphatic carbocycles. The first-order valence-electron chi connectivity index (χ1n) is 13.2. The summed E-state index contributed by atoms with van der Waals surface area (Å²) >= 11 is 12.4. The second kappa shape index (κ2) is 14.2. The maximum absolute atomic E-state index is 13.7. The Hall–Kier alpha value is -3.02. The van der Waals surface area contributed by atoms with Crippen molar-refractivity contribution in [2.75, 3.05) is 6.61 Å². The molecule has 0 aliphatic heterocycles. The SMILES string of the molecule is O=C(NC1CCCC1)[C@H](Cc1ccccc1)N(Cc1ccccc1Cl)C(=O)CCCOc1ccc(Cl)cc1. The van der Waals surface area contributed by atoms with Gasteiger partial charge in [0.05, 0.1) is 6.61 Å². The molecule has 5 nitrogen and oxygen atoms in total. The third kappa shape index (κ3) is 8.24. The molecule has 0 saturated heterocycles. The minimum atomic E-state index is -0.654. The zero-order valence-corrected chi connectivity index (χ0v) is 23.0. The maximum Gasteiger partial charge on any atom is 0.243 e. The normalized spacial score (nSPS) is 14.2. The fourth-order valence-corrected chi connectivity index (χ4v) is 5.14. The number of hydrogen-bond acceptors (Lipinski definition) is 3. The number of ether oxygens (including phenoxy) is 1. The van der Waals surface area contributed by atoms with Gasteiger partial charge in [-0.2, -0.15) is 0 Å². The molecule has 4 rings (SSSR count). The monoisotopic (exact) mass is 552 g/mol. The molecule has 0 bridgehead atoms. The highest BCUT2D eigenvalue weighted by Gasteiger charge is 2.32. The molecule has 0 aromatic heterocycles. The largest absolute Gasteiger partial charge is 0.494 e. The van der Waals surface area contributed by atoms with E-state index in [1.54, 1.807) is 29.2 Å². The maximum atomic E-state index is 13.7. The van der Waals surface area contributed by atoms with Crippen LogP contribution < -0.4 is 10.1 Å². The van der Waals surface area contributed by atoms with Crippen molar-refractivity contribution in [3.63, 3.8) is 0 Å². The molecule has 1 atom stereocenters. The fraction of sp³-hybridized carbons (Fsp3) is 0.355. The quantitative estimate of drug-likeness (QED) is 0.250. The van der Waals surface area contributed by atoms with E-state index in [0.717, 1.165) is 36.8 Å². The highest BCUT2D eigenvalue weighted by molar-refractivity contribution is 6.31. The summed E-state index contributed by atoms with van der Waals surface area (Å²) in [6.07, 6.45) is 5.38. The first kappa shape index (κ1) is 28.0. The summed E-state index contributed by atoms with van der Waals surface area (Å²) in [4.78, 5) is 29.1. The Labute approximate surface area is 235 Å². The van der Waals surface area contributed by atoms with Crippen molar-refractivity contribution in [1.29, 1.82) is 0 Å². The van der Waals surface area contributed by atoms with Gasteiger partial charge >= 0.3 is 0 Å². The summed E-state index contributed by atoms with van der Waals surface area (Å²) in [6, 6.07) is 24.0. The minimum Gasteiger partial charge on any atom is -0.494 e. The predicted octanol–water partition coefficient (Wildman–Crippen LogP) is 6.85. The first-order valence-corrected chi connectivity index (χ1v) is 14.0. The van der Waals surface area contributed by atoms with E-state index in [-0.39, 0.29) is 30.8 Å². The van der Waals surface area contributed by atoms with Gasteiger partial charge in [-0.25, -0.2) is 0 Å². The van der Waals surface area contributed by atoms with Crippen LogP contribution >= 0.6 is 23.2 Å². The van der Waals surface area contributed by atoms with Gasteiger partial charge in [-0.15, -0.1) is 0 Å². The summed E-state index contributed by atoms with van der Waals surface area (Å²) in [6.45, 7) is 0.636. The van der Waals surface area contributed by atoms with Crippen molar-refractivity contribution >= 4 is 35.0 Å². The standard InChI is InChI=1S/C31H34Cl2N2O3/c32-25-16-18-27(19-17-25)38-20-8-15-30(36)35(22-24-11-4-7-14-28(24)33)29(21-23-9-2-1-3-10-23)31(37)34-26-12-5-6-13-26/h1-4,7,9-11,14,16-19,26,29H,5-6,8,12-13,15,20-22H2,(H,34,37)/t29-/m0/s1. The van der Waals surface area contributed by atoms with Crippen LogP contribution in [-0.2, 0) is 22.6 Å². The van der Waals surface area contributed by atoms with E-state index in [1.165, 1.54) is 0 Å². The topological polar surface area (TPSA) is 58.6 Å². The molecule has 200 valence electrons. The lowest BCUT2D eigenvalue weighted by molar-refractivity contribution is -0.141. The third-order valence-corrected chi connectivity index (χ3v) is 7.51. The summed E-state index contributed by atoms with van der Waals surface area (Å²) in [5.74, 6) is 0.485. The van der Waals surface area contributed by atoms with Crippen LogP contribution in [0.4, 0.5) is 0 Å². The van der Waals surface area contributed by atoms with Gasteiger partial charge in [-0.05, 0) is 60.7 Å². The van der Waals surface area contributed by atoms with E-state index in [2.05, 4.69) is 5.32 Å². The summed E-state index contributed by atoms with van der Waals surface area (Å²) < 4.78 is 5.79. The number of nitrogens with one attached hydrogen (secondary N) is 1. The highest BCUT2D eigenvalue weighted by Crippen LogP contribution is 2.23. The molecule has 38 heavy (non-hydrogen) atoms. The Bertz CT molecular complexity index is 1180. The van der Waals surface area contributed by atoms with Crippen molar-refractivity contribution < 1.29 is 14.3 Å². The molecule has 1 aliphatic rings. The Morgan fingerprint density at radius 1 is 0.921 bits per heavy atom. The molecule has 1 N–H and O–H groups in total. The number of rotatable bonds is 12. The zero-order chi connectivity index (χ0) is 26.7. The number of halogens is 2. The highest BCUT2D eigenvalue weighted by atomic mass is 35.5. The van der Waals surface area contributed by atoms with Gasteiger partial charge in [0.1, 0.15) is 11.8 Å². The lowest BCUT2D eigenvalue weighted by Crippen LogP contribution is -2.52. The van der Waals surface area contributed by atoms with Gasteiger partial charge in [-0.1, -0.05) is 84.6 Å². The van der Waals surface area contributed by atoms with E-state index < -0.39 is 6.04 Å². The fourth-order valence-electron chi connectivity index (χ4n) is 4.82. The number of nitrogens with zero attached hydrogens (tertiary/aromatic N) is 1. The van der Waals surface area contributed by atoms with Crippen LogP contribution in [0.15, 0.2) is 78.9 Å². The van der Waals surface area contributed by atoms with E-state index >= 15 is 0 Å². The van der Waals surface area contributed by atoms with Gasteiger partial charge in [-0.3, -0.25) is 9.59 Å². The van der Waals surface area contributed by atoms with E-state index in [1.807, 2.05) is 54.6 Å². The van der Waals surface area contributed by atoms with Crippen LogP contribution in [0.3, 0.4) is 0 Å². The lowest BCUT2D eigenvalue weighted by atomic mass is 10.0. The molecular weight excluding hydrogens is 519 g/mol. The lowest BCUT2D eigenvalue weighted by Gasteiger charge is -2.32. The van der Waals surface area contributed by atoms with E-state index in [4.69, 9.17) is 27.9 Å². The average Bonchev–Trinajstić information content (AvgIpc) is 3.44. The predicted molar refractivity (Wildman–Crippen MR) is 153 cm³/mol. The average molecular weight is 554 g/mol. The molecule has 0 radical (unpaired) electrons. The number of benzene rings is 3. The summed E-state index contributed by atoms with van der Waals surface area (Å²) in [7, 11) is 0. The van der Waals surface area contributed by atoms with Gasteiger partial charge in [0.25, 0.3) is 0 Å². The van der Waals surface area contributed by atoms with E-state index in [9.17, 15) is 9.59 Å². The number of hydrogen-bond donors (Lipinski definition) is 1. The van der Waals surface area contributed by atoms with Crippen LogP contribution in [0.25, 0.3) is 0 Å². The van der Waals surface area contributed by atoms with Crippen LogP contribution in [0.5, 0.6) is 5.75 Å². The Kier molecular flexibility index (Phi) is 10.5. The molecule has 7 heteroatoms. The number of amides is 2. The molecule has 1 fully saturated rings. The van der Waals surface area contributed by atoms with Crippen molar-refractivity contribution in [3.8, 4) is 5.75 Å². The van der Waals surface area contributed by atoms with Gasteiger partial charge < -0.3 is 15.0 Å². The zero-order valence-electron chi connectivity index (χ0n) is 21.5. The van der Waals surface area contributed by atoms with E-state index in [0.29, 0.717) is 35.2 Å². The molecule has 2 amide bonds. The van der Waals surface area contributed by atoms with Crippen LogP contribution in [0.1, 0.15) is 49.7 Å². The Morgan fingerprint density at radius 3 is 2.32 bits per heavy atom. The van der Waals surface area contributed by atoms with Crippen LogP contribution in [-0.4, -0.2) is 35.4 Å². The third-order valence-electron chi connectivity index (χ3n) is 6.89. The van der Waals surface area contributed by atoms with Crippen LogP contribution in [0, 0.1) is 0 Å². The molecule has 1 saturated carbocycles. The summed E-state index contributed by atoms with van der Waals surface area (Å²) in [5, 5.41) is 4.44. The van der Waals surface area contributed by atoms with Crippen molar-refractivity contribution in [3.05, 3.63) is 100 Å². The van der Waals surface area contributed by atoms with Crippen molar-refractivity contribution in [1.82, 2.24) is 10.2 Å².